The van der Waals surface area contributed by atoms with Crippen LogP contribution in [0.25, 0.3) is 0 Å². The molecule has 0 aliphatic rings. The molecule has 2 aromatic carbocycles. The Labute approximate surface area is 164 Å². The lowest BCUT2D eigenvalue weighted by Gasteiger charge is -2.15. The van der Waals surface area contributed by atoms with E-state index in [4.69, 9.17) is 39.5 Å². The molecule has 3 nitrogen and oxygen atoms in total. The molecule has 1 N–H and O–H groups in total. The molecule has 0 saturated heterocycles. The molecule has 7 heteroatoms. The minimum Gasteiger partial charge on any atom is -0.483 e. The van der Waals surface area contributed by atoms with E-state index in [-0.39, 0.29) is 18.4 Å². The zero-order chi connectivity index (χ0) is 17.9. The lowest BCUT2D eigenvalue weighted by molar-refractivity contribution is -0.118. The molecule has 1 amide bonds. The SMILES string of the molecule is CC(C)c1cc(Br)ccc1OCC(=O)Nc1cc(Cl)c(Cl)cc1Cl. The highest BCUT2D eigenvalue weighted by Crippen LogP contribution is 2.32. The number of benzene rings is 2. The van der Waals surface area contributed by atoms with E-state index in [1.165, 1.54) is 12.1 Å². The van der Waals surface area contributed by atoms with E-state index in [9.17, 15) is 4.79 Å². The summed E-state index contributed by atoms with van der Waals surface area (Å²) >= 11 is 21.3. The van der Waals surface area contributed by atoms with Crippen molar-refractivity contribution >= 4 is 62.3 Å². The zero-order valence-electron chi connectivity index (χ0n) is 13.0. The standard InChI is InChI=1S/C17H15BrCl3NO2/c1-9(2)11-5-10(18)3-4-16(11)24-8-17(23)22-15-7-13(20)12(19)6-14(15)21/h3-7,9H,8H2,1-2H3,(H,22,23). The quantitative estimate of drug-likeness (QED) is 0.524. The minimum atomic E-state index is -0.340. The first kappa shape index (κ1) is 19.4. The van der Waals surface area contributed by atoms with Crippen molar-refractivity contribution in [1.82, 2.24) is 0 Å². The Bertz CT molecular complexity index is 766. The maximum Gasteiger partial charge on any atom is 0.262 e. The molecular weight excluding hydrogens is 436 g/mol. The fraction of sp³-hybridized carbons (Fsp3) is 0.235. The van der Waals surface area contributed by atoms with Crippen molar-refractivity contribution in [3.05, 3.63) is 55.4 Å². The summed E-state index contributed by atoms with van der Waals surface area (Å²) < 4.78 is 6.61. The molecule has 0 radical (unpaired) electrons. The van der Waals surface area contributed by atoms with Crippen LogP contribution in [0.1, 0.15) is 25.3 Å². The van der Waals surface area contributed by atoms with Crippen LogP contribution in [0.3, 0.4) is 0 Å². The van der Waals surface area contributed by atoms with Gasteiger partial charge in [-0.3, -0.25) is 4.79 Å². The van der Waals surface area contributed by atoms with Crippen LogP contribution in [0.5, 0.6) is 5.75 Å². The van der Waals surface area contributed by atoms with Crippen molar-refractivity contribution in [1.29, 1.82) is 0 Å². The van der Waals surface area contributed by atoms with Crippen molar-refractivity contribution < 1.29 is 9.53 Å². The van der Waals surface area contributed by atoms with E-state index in [2.05, 4.69) is 35.1 Å². The number of carbonyl (C=O) groups excluding carboxylic acids is 1. The maximum absolute atomic E-state index is 12.1. The predicted molar refractivity (Wildman–Crippen MR) is 104 cm³/mol. The van der Waals surface area contributed by atoms with Gasteiger partial charge in [-0.25, -0.2) is 0 Å². The van der Waals surface area contributed by atoms with E-state index < -0.39 is 0 Å². The third-order valence-corrected chi connectivity index (χ3v) is 4.76. The number of amides is 1. The average Bonchev–Trinajstić information content (AvgIpc) is 2.51. The largest absolute Gasteiger partial charge is 0.483 e. The number of anilines is 1. The van der Waals surface area contributed by atoms with Gasteiger partial charge in [0, 0.05) is 4.47 Å². The molecule has 0 fully saturated rings. The highest BCUT2D eigenvalue weighted by atomic mass is 79.9. The maximum atomic E-state index is 12.1. The van der Waals surface area contributed by atoms with E-state index in [1.54, 1.807) is 0 Å². The van der Waals surface area contributed by atoms with Crippen molar-refractivity contribution in [2.75, 3.05) is 11.9 Å². The fourth-order valence-electron chi connectivity index (χ4n) is 2.05. The monoisotopic (exact) mass is 449 g/mol. The summed E-state index contributed by atoms with van der Waals surface area (Å²) in [6, 6.07) is 8.67. The first-order chi connectivity index (χ1) is 11.3. The van der Waals surface area contributed by atoms with Crippen molar-refractivity contribution in [3.8, 4) is 5.75 Å². The van der Waals surface area contributed by atoms with Gasteiger partial charge in [-0.1, -0.05) is 64.6 Å². The van der Waals surface area contributed by atoms with Crippen molar-refractivity contribution in [2.24, 2.45) is 0 Å². The molecule has 2 aromatic rings. The van der Waals surface area contributed by atoms with E-state index >= 15 is 0 Å². The zero-order valence-corrected chi connectivity index (χ0v) is 16.9. The number of carbonyl (C=O) groups is 1. The number of rotatable bonds is 5. The van der Waals surface area contributed by atoms with Gasteiger partial charge >= 0.3 is 0 Å². The lowest BCUT2D eigenvalue weighted by atomic mass is 10.0. The molecule has 24 heavy (non-hydrogen) atoms. The van der Waals surface area contributed by atoms with Crippen molar-refractivity contribution in [2.45, 2.75) is 19.8 Å². The molecule has 0 unspecified atom stereocenters. The summed E-state index contributed by atoms with van der Waals surface area (Å²) in [7, 11) is 0. The topological polar surface area (TPSA) is 38.3 Å². The van der Waals surface area contributed by atoms with Crippen LogP contribution in [0.15, 0.2) is 34.8 Å². The Morgan fingerprint density at radius 2 is 1.79 bits per heavy atom. The van der Waals surface area contributed by atoms with Crippen LogP contribution in [0.4, 0.5) is 5.69 Å². The Morgan fingerprint density at radius 3 is 2.46 bits per heavy atom. The van der Waals surface area contributed by atoms with Gasteiger partial charge in [-0.15, -0.1) is 0 Å². The van der Waals surface area contributed by atoms with Gasteiger partial charge in [-0.2, -0.15) is 0 Å². The summed E-state index contributed by atoms with van der Waals surface area (Å²) in [6.45, 7) is 3.98. The van der Waals surface area contributed by atoms with Gasteiger partial charge in [0.15, 0.2) is 6.61 Å². The number of ether oxygens (including phenoxy) is 1. The Kier molecular flexibility index (Phi) is 6.81. The van der Waals surface area contributed by atoms with E-state index in [1.807, 2.05) is 18.2 Å². The molecule has 0 aromatic heterocycles. The molecule has 0 atom stereocenters. The van der Waals surface area contributed by atoms with Gasteiger partial charge in [0.25, 0.3) is 5.91 Å². The van der Waals surface area contributed by atoms with Crippen LogP contribution in [-0.4, -0.2) is 12.5 Å². The summed E-state index contributed by atoms with van der Waals surface area (Å²) in [6.07, 6.45) is 0. The molecule has 0 saturated carbocycles. The second kappa shape index (κ2) is 8.43. The third kappa shape index (κ3) is 5.03. The number of nitrogens with one attached hydrogen (secondary N) is 1. The molecule has 0 aliphatic carbocycles. The molecule has 0 spiro atoms. The van der Waals surface area contributed by atoms with Gasteiger partial charge in [0.05, 0.1) is 20.8 Å². The van der Waals surface area contributed by atoms with E-state index in [0.717, 1.165) is 10.0 Å². The first-order valence-corrected chi connectivity index (χ1v) is 9.07. The average molecular weight is 452 g/mol. The van der Waals surface area contributed by atoms with Gasteiger partial charge in [-0.05, 0) is 41.8 Å². The number of hydrogen-bond acceptors (Lipinski definition) is 2. The Balaban J connectivity index is 2.06. The first-order valence-electron chi connectivity index (χ1n) is 7.14. The molecule has 2 rings (SSSR count). The second-order valence-electron chi connectivity index (χ2n) is 5.42. The summed E-state index contributed by atoms with van der Waals surface area (Å²) in [5, 5.41) is 3.61. The fourth-order valence-corrected chi connectivity index (χ4v) is 3.02. The summed E-state index contributed by atoms with van der Waals surface area (Å²) in [5.41, 5.74) is 1.41. The van der Waals surface area contributed by atoms with Gasteiger partial charge in [0.1, 0.15) is 5.75 Å². The third-order valence-electron chi connectivity index (χ3n) is 3.24. The lowest BCUT2D eigenvalue weighted by Crippen LogP contribution is -2.20. The van der Waals surface area contributed by atoms with Gasteiger partial charge < -0.3 is 10.1 Å². The highest BCUT2D eigenvalue weighted by molar-refractivity contribution is 9.10. The van der Waals surface area contributed by atoms with Gasteiger partial charge in [0.2, 0.25) is 0 Å². The molecular formula is C17H15BrCl3NO2. The van der Waals surface area contributed by atoms with Crippen LogP contribution < -0.4 is 10.1 Å². The summed E-state index contributed by atoms with van der Waals surface area (Å²) in [5.74, 6) is 0.599. The second-order valence-corrected chi connectivity index (χ2v) is 7.56. The molecule has 0 bridgehead atoms. The minimum absolute atomic E-state index is 0.141. The van der Waals surface area contributed by atoms with Crippen LogP contribution in [-0.2, 0) is 4.79 Å². The van der Waals surface area contributed by atoms with Crippen LogP contribution >= 0.6 is 50.7 Å². The number of halogens is 4. The molecule has 0 heterocycles. The smallest absolute Gasteiger partial charge is 0.262 e. The number of hydrogen-bond donors (Lipinski definition) is 1. The normalized spacial score (nSPS) is 10.8. The summed E-state index contributed by atoms with van der Waals surface area (Å²) in [4.78, 5) is 12.1. The Morgan fingerprint density at radius 1 is 1.12 bits per heavy atom. The van der Waals surface area contributed by atoms with Crippen LogP contribution in [0, 0.1) is 0 Å². The highest BCUT2D eigenvalue weighted by Gasteiger charge is 2.13. The Hall–Kier alpha value is -0.940. The molecule has 128 valence electrons. The van der Waals surface area contributed by atoms with Crippen LogP contribution in [0.2, 0.25) is 15.1 Å². The molecule has 0 aliphatic heterocycles. The predicted octanol–water partition coefficient (Wildman–Crippen LogP) is 6.55. The van der Waals surface area contributed by atoms with E-state index in [0.29, 0.717) is 26.5 Å². The van der Waals surface area contributed by atoms with Crippen molar-refractivity contribution in [3.63, 3.8) is 0 Å².